The number of nitrogens with zero attached hydrogens (tertiary/aromatic N) is 1. The van der Waals surface area contributed by atoms with Crippen LogP contribution in [0.25, 0.3) is 0 Å². The van der Waals surface area contributed by atoms with E-state index in [0.717, 1.165) is 12.3 Å². The molecule has 4 atom stereocenters. The Balaban J connectivity index is 2.42. The number of aromatic nitrogens is 2. The van der Waals surface area contributed by atoms with Gasteiger partial charge in [-0.25, -0.2) is 13.6 Å². The highest BCUT2D eigenvalue weighted by Gasteiger charge is 2.56. The number of hydrogen-bond acceptors (Lipinski definition) is 5. The van der Waals surface area contributed by atoms with Crippen LogP contribution in [-0.2, 0) is 4.74 Å². The number of rotatable bonds is 3. The van der Waals surface area contributed by atoms with Gasteiger partial charge in [0.1, 0.15) is 12.8 Å². The summed E-state index contributed by atoms with van der Waals surface area (Å²) < 4.78 is 32.4. The molecule has 9 heteroatoms. The molecular formula is C10H12F2N2O5. The lowest BCUT2D eigenvalue weighted by atomic mass is 9.98. The van der Waals surface area contributed by atoms with Crippen LogP contribution < -0.4 is 11.2 Å². The number of aliphatic hydroxyl groups is 2. The van der Waals surface area contributed by atoms with Crippen LogP contribution in [0.15, 0.2) is 21.9 Å². The highest BCUT2D eigenvalue weighted by atomic mass is 19.1. The second kappa shape index (κ2) is 4.83. The van der Waals surface area contributed by atoms with Crippen LogP contribution in [0.2, 0.25) is 0 Å². The number of nitrogens with one attached hydrogen (secondary N) is 1. The second-order valence-corrected chi connectivity index (χ2v) is 4.27. The Hall–Kier alpha value is -1.58. The first kappa shape index (κ1) is 13.8. The third kappa shape index (κ3) is 2.09. The molecule has 1 fully saturated rings. The maximum atomic E-state index is 13.9. The van der Waals surface area contributed by atoms with Gasteiger partial charge in [0.25, 0.3) is 5.56 Å². The predicted molar refractivity (Wildman–Crippen MR) is 58.1 cm³/mol. The SMILES string of the molecule is O=c1ccn([C@@H]2O[C@@](CO)(CF)[C@@H](O)[C@H]2F)c(=O)[nH]1. The first-order chi connectivity index (χ1) is 8.95. The molecule has 0 saturated carbocycles. The standard InChI is InChI=1S/C10H12F2N2O5/c11-3-10(4-15)7(17)6(12)8(19-10)14-2-1-5(16)13-9(14)18/h1-2,6-8,15,17H,3-4H2,(H,13,16,18)/t6-,7+,8-,10-/m1/s1. The number of aliphatic hydroxyl groups excluding tert-OH is 2. The second-order valence-electron chi connectivity index (χ2n) is 4.27. The van der Waals surface area contributed by atoms with E-state index in [-0.39, 0.29) is 0 Å². The third-order valence-corrected chi connectivity index (χ3v) is 3.09. The van der Waals surface area contributed by atoms with Gasteiger partial charge in [0.05, 0.1) is 6.61 Å². The van der Waals surface area contributed by atoms with Crippen LogP contribution in [0.4, 0.5) is 8.78 Å². The lowest BCUT2D eigenvalue weighted by molar-refractivity contribution is -0.138. The molecule has 1 aliphatic heterocycles. The molecule has 2 rings (SSSR count). The molecule has 0 spiro atoms. The van der Waals surface area contributed by atoms with E-state index in [1.807, 2.05) is 4.98 Å². The minimum atomic E-state index is -2.12. The van der Waals surface area contributed by atoms with Gasteiger partial charge in [-0.2, -0.15) is 0 Å². The Labute approximate surface area is 105 Å². The van der Waals surface area contributed by atoms with Crippen LogP contribution in [0.3, 0.4) is 0 Å². The molecule has 106 valence electrons. The molecule has 0 unspecified atom stereocenters. The van der Waals surface area contributed by atoms with Crippen molar-refractivity contribution in [3.63, 3.8) is 0 Å². The van der Waals surface area contributed by atoms with Crippen molar-refractivity contribution in [1.82, 2.24) is 9.55 Å². The van der Waals surface area contributed by atoms with Gasteiger partial charge in [0.15, 0.2) is 18.0 Å². The van der Waals surface area contributed by atoms with Gasteiger partial charge in [-0.05, 0) is 0 Å². The van der Waals surface area contributed by atoms with E-state index in [2.05, 4.69) is 0 Å². The van der Waals surface area contributed by atoms with Gasteiger partial charge in [-0.1, -0.05) is 0 Å². The largest absolute Gasteiger partial charge is 0.393 e. The number of hydrogen-bond donors (Lipinski definition) is 3. The summed E-state index contributed by atoms with van der Waals surface area (Å²) in [7, 11) is 0. The van der Waals surface area contributed by atoms with Crippen molar-refractivity contribution in [2.24, 2.45) is 0 Å². The van der Waals surface area contributed by atoms with Crippen LogP contribution in [0.5, 0.6) is 0 Å². The van der Waals surface area contributed by atoms with E-state index < -0.39 is 48.6 Å². The first-order valence-electron chi connectivity index (χ1n) is 5.43. The van der Waals surface area contributed by atoms with Crippen LogP contribution in [-0.4, -0.2) is 50.9 Å². The molecule has 7 nitrogen and oxygen atoms in total. The Morgan fingerprint density at radius 1 is 1.53 bits per heavy atom. The smallest absolute Gasteiger partial charge is 0.330 e. The van der Waals surface area contributed by atoms with E-state index in [1.165, 1.54) is 0 Å². The van der Waals surface area contributed by atoms with Crippen molar-refractivity contribution in [3.8, 4) is 0 Å². The summed E-state index contributed by atoms with van der Waals surface area (Å²) in [4.78, 5) is 24.3. The van der Waals surface area contributed by atoms with Gasteiger partial charge in [0.2, 0.25) is 0 Å². The molecule has 1 aromatic rings. The summed E-state index contributed by atoms with van der Waals surface area (Å²) >= 11 is 0. The number of ether oxygens (including phenoxy) is 1. The molecule has 0 aromatic carbocycles. The van der Waals surface area contributed by atoms with Crippen molar-refractivity contribution in [1.29, 1.82) is 0 Å². The molecule has 0 bridgehead atoms. The Bertz CT molecular complexity index is 568. The zero-order valence-corrected chi connectivity index (χ0v) is 9.62. The molecule has 1 aromatic heterocycles. The lowest BCUT2D eigenvalue weighted by Crippen LogP contribution is -2.47. The van der Waals surface area contributed by atoms with Gasteiger partial charge in [0, 0.05) is 12.3 Å². The van der Waals surface area contributed by atoms with E-state index in [0.29, 0.717) is 4.57 Å². The Morgan fingerprint density at radius 2 is 2.21 bits per heavy atom. The van der Waals surface area contributed by atoms with E-state index in [4.69, 9.17) is 9.84 Å². The third-order valence-electron chi connectivity index (χ3n) is 3.09. The van der Waals surface area contributed by atoms with Crippen molar-refractivity contribution in [2.75, 3.05) is 13.3 Å². The predicted octanol–water partition coefficient (Wildman–Crippen LogP) is -1.53. The average molecular weight is 278 g/mol. The number of aromatic amines is 1. The van der Waals surface area contributed by atoms with Crippen molar-refractivity contribution < 1.29 is 23.7 Å². The quantitative estimate of drug-likeness (QED) is 0.622. The topological polar surface area (TPSA) is 105 Å². The Kier molecular flexibility index (Phi) is 3.52. The van der Waals surface area contributed by atoms with Crippen molar-refractivity contribution >= 4 is 0 Å². The maximum Gasteiger partial charge on any atom is 0.330 e. The zero-order valence-electron chi connectivity index (χ0n) is 9.62. The van der Waals surface area contributed by atoms with Crippen molar-refractivity contribution in [3.05, 3.63) is 33.1 Å². The minimum Gasteiger partial charge on any atom is -0.393 e. The minimum absolute atomic E-state index is 0.683. The summed E-state index contributed by atoms with van der Waals surface area (Å²) in [5, 5.41) is 18.6. The van der Waals surface area contributed by atoms with Gasteiger partial charge in [-0.15, -0.1) is 0 Å². The summed E-state index contributed by atoms with van der Waals surface area (Å²) in [6, 6.07) is 0.957. The lowest BCUT2D eigenvalue weighted by Gasteiger charge is -2.25. The zero-order chi connectivity index (χ0) is 14.2. The fraction of sp³-hybridized carbons (Fsp3) is 0.600. The van der Waals surface area contributed by atoms with E-state index >= 15 is 0 Å². The summed E-state index contributed by atoms with van der Waals surface area (Å²) in [5.41, 5.74) is -3.76. The van der Waals surface area contributed by atoms with Crippen LogP contribution in [0.1, 0.15) is 6.23 Å². The number of alkyl halides is 2. The van der Waals surface area contributed by atoms with Gasteiger partial charge < -0.3 is 14.9 Å². The Morgan fingerprint density at radius 3 is 2.68 bits per heavy atom. The highest BCUT2D eigenvalue weighted by Crippen LogP contribution is 2.38. The average Bonchev–Trinajstić information content (AvgIpc) is 2.64. The normalized spacial score (nSPS) is 34.6. The molecule has 0 radical (unpaired) electrons. The molecule has 0 amide bonds. The molecule has 2 heterocycles. The summed E-state index contributed by atoms with van der Waals surface area (Å²) in [6.07, 6.45) is -4.70. The summed E-state index contributed by atoms with van der Waals surface area (Å²) in [5.74, 6) is 0. The van der Waals surface area contributed by atoms with E-state index in [9.17, 15) is 23.5 Å². The number of halogens is 2. The fourth-order valence-electron chi connectivity index (χ4n) is 1.94. The van der Waals surface area contributed by atoms with Gasteiger partial charge >= 0.3 is 5.69 Å². The summed E-state index contributed by atoms with van der Waals surface area (Å²) in [6.45, 7) is -2.26. The highest BCUT2D eigenvalue weighted by molar-refractivity contribution is 5.02. The molecule has 0 aliphatic carbocycles. The monoisotopic (exact) mass is 278 g/mol. The maximum absolute atomic E-state index is 13.9. The van der Waals surface area contributed by atoms with Crippen molar-refractivity contribution in [2.45, 2.75) is 24.1 Å². The molecule has 19 heavy (non-hydrogen) atoms. The first-order valence-corrected chi connectivity index (χ1v) is 5.43. The molecular weight excluding hydrogens is 266 g/mol. The molecule has 1 aliphatic rings. The van der Waals surface area contributed by atoms with Crippen LogP contribution >= 0.6 is 0 Å². The number of H-pyrrole nitrogens is 1. The van der Waals surface area contributed by atoms with Crippen LogP contribution in [0, 0.1) is 0 Å². The van der Waals surface area contributed by atoms with E-state index in [1.54, 1.807) is 0 Å². The molecule has 1 saturated heterocycles. The molecule has 3 N–H and O–H groups in total. The fourth-order valence-corrected chi connectivity index (χ4v) is 1.94. The van der Waals surface area contributed by atoms with Gasteiger partial charge in [-0.3, -0.25) is 14.3 Å².